The largest absolute Gasteiger partial charge is 0.493 e. The summed E-state index contributed by atoms with van der Waals surface area (Å²) in [6.45, 7) is 0.820. The van der Waals surface area contributed by atoms with Gasteiger partial charge in [0.2, 0.25) is 0 Å². The summed E-state index contributed by atoms with van der Waals surface area (Å²) in [5, 5.41) is 0.597. The van der Waals surface area contributed by atoms with E-state index in [4.69, 9.17) is 22.1 Å². The van der Waals surface area contributed by atoms with Crippen molar-refractivity contribution in [2.24, 2.45) is 0 Å². The lowest BCUT2D eigenvalue weighted by Crippen LogP contribution is -2.08. The standard InChI is InChI=1S/C15H14ClNO/c16-13-5-3-11(9-14(13)17)10-4-6-15-12(8-10)2-1-7-18-15/h3-6,8-9H,1-2,7,17H2. The van der Waals surface area contributed by atoms with E-state index in [0.717, 1.165) is 36.3 Å². The van der Waals surface area contributed by atoms with Gasteiger partial charge in [-0.25, -0.2) is 0 Å². The second kappa shape index (κ2) is 4.54. The van der Waals surface area contributed by atoms with Gasteiger partial charge in [0.15, 0.2) is 0 Å². The molecule has 3 rings (SSSR count). The molecule has 3 heteroatoms. The molecule has 92 valence electrons. The van der Waals surface area contributed by atoms with Crippen LogP contribution in [0, 0.1) is 0 Å². The molecule has 0 aliphatic carbocycles. The lowest BCUT2D eigenvalue weighted by molar-refractivity contribution is 0.288. The first-order chi connectivity index (χ1) is 8.74. The number of ether oxygens (including phenoxy) is 1. The van der Waals surface area contributed by atoms with Gasteiger partial charge in [-0.3, -0.25) is 0 Å². The van der Waals surface area contributed by atoms with Crippen LogP contribution in [0.2, 0.25) is 5.02 Å². The van der Waals surface area contributed by atoms with Crippen LogP contribution >= 0.6 is 11.6 Å². The summed E-state index contributed by atoms with van der Waals surface area (Å²) in [4.78, 5) is 0. The third-order valence-corrected chi connectivity index (χ3v) is 3.58. The maximum Gasteiger partial charge on any atom is 0.122 e. The van der Waals surface area contributed by atoms with Crippen molar-refractivity contribution in [2.75, 3.05) is 12.3 Å². The van der Waals surface area contributed by atoms with Gasteiger partial charge in [-0.15, -0.1) is 0 Å². The Bertz CT molecular complexity index is 595. The highest BCUT2D eigenvalue weighted by atomic mass is 35.5. The van der Waals surface area contributed by atoms with Crippen LogP contribution in [0.5, 0.6) is 5.75 Å². The van der Waals surface area contributed by atoms with Gasteiger partial charge in [0, 0.05) is 0 Å². The third-order valence-electron chi connectivity index (χ3n) is 3.24. The maximum atomic E-state index is 5.94. The van der Waals surface area contributed by atoms with Crippen LogP contribution in [-0.4, -0.2) is 6.61 Å². The second-order valence-corrected chi connectivity index (χ2v) is 4.92. The zero-order valence-corrected chi connectivity index (χ0v) is 10.7. The van der Waals surface area contributed by atoms with E-state index in [1.54, 1.807) is 0 Å². The number of hydrogen-bond acceptors (Lipinski definition) is 2. The van der Waals surface area contributed by atoms with E-state index in [1.165, 1.54) is 5.56 Å². The number of nitrogen functional groups attached to an aromatic ring is 1. The van der Waals surface area contributed by atoms with Crippen molar-refractivity contribution in [1.29, 1.82) is 0 Å². The number of halogens is 1. The lowest BCUT2D eigenvalue weighted by atomic mass is 9.99. The maximum absolute atomic E-state index is 5.94. The molecule has 1 heterocycles. The number of anilines is 1. The van der Waals surface area contributed by atoms with E-state index in [-0.39, 0.29) is 0 Å². The summed E-state index contributed by atoms with van der Waals surface area (Å²) in [6.07, 6.45) is 2.16. The van der Waals surface area contributed by atoms with Crippen molar-refractivity contribution >= 4 is 17.3 Å². The fraction of sp³-hybridized carbons (Fsp3) is 0.200. The van der Waals surface area contributed by atoms with Crippen LogP contribution in [0.1, 0.15) is 12.0 Å². The fourth-order valence-electron chi connectivity index (χ4n) is 2.26. The summed E-state index contributed by atoms with van der Waals surface area (Å²) < 4.78 is 5.61. The Morgan fingerprint density at radius 3 is 2.67 bits per heavy atom. The average Bonchev–Trinajstić information content (AvgIpc) is 2.41. The molecule has 1 aliphatic rings. The predicted molar refractivity (Wildman–Crippen MR) is 75.1 cm³/mol. The molecule has 0 saturated carbocycles. The van der Waals surface area contributed by atoms with E-state index in [0.29, 0.717) is 10.7 Å². The lowest BCUT2D eigenvalue weighted by Gasteiger charge is -2.18. The van der Waals surface area contributed by atoms with E-state index in [2.05, 4.69) is 12.1 Å². The summed E-state index contributed by atoms with van der Waals surface area (Å²) in [7, 11) is 0. The molecule has 0 saturated heterocycles. The van der Waals surface area contributed by atoms with Crippen molar-refractivity contribution in [1.82, 2.24) is 0 Å². The number of rotatable bonds is 1. The Labute approximate surface area is 111 Å². The molecule has 18 heavy (non-hydrogen) atoms. The molecule has 2 N–H and O–H groups in total. The Balaban J connectivity index is 2.03. The minimum Gasteiger partial charge on any atom is -0.493 e. The van der Waals surface area contributed by atoms with Gasteiger partial charge in [0.1, 0.15) is 5.75 Å². The molecule has 0 radical (unpaired) electrons. The summed E-state index contributed by atoms with van der Waals surface area (Å²) in [6, 6.07) is 12.0. The highest BCUT2D eigenvalue weighted by molar-refractivity contribution is 6.33. The van der Waals surface area contributed by atoms with Gasteiger partial charge in [-0.2, -0.15) is 0 Å². The number of nitrogens with two attached hydrogens (primary N) is 1. The fourth-order valence-corrected chi connectivity index (χ4v) is 2.38. The molecule has 2 aromatic carbocycles. The number of fused-ring (bicyclic) bond motifs is 1. The smallest absolute Gasteiger partial charge is 0.122 e. The molecule has 0 unspecified atom stereocenters. The average molecular weight is 260 g/mol. The van der Waals surface area contributed by atoms with Crippen LogP contribution < -0.4 is 10.5 Å². The van der Waals surface area contributed by atoms with Gasteiger partial charge < -0.3 is 10.5 Å². The van der Waals surface area contributed by atoms with Crippen LogP contribution in [0.3, 0.4) is 0 Å². The van der Waals surface area contributed by atoms with Crippen molar-refractivity contribution in [3.63, 3.8) is 0 Å². The van der Waals surface area contributed by atoms with Gasteiger partial charge in [0.05, 0.1) is 17.3 Å². The van der Waals surface area contributed by atoms with E-state index >= 15 is 0 Å². The van der Waals surface area contributed by atoms with Crippen molar-refractivity contribution in [3.8, 4) is 16.9 Å². The van der Waals surface area contributed by atoms with Crippen molar-refractivity contribution in [3.05, 3.63) is 47.0 Å². The molecular formula is C15H14ClNO. The minimum absolute atomic E-state index is 0.597. The first kappa shape index (κ1) is 11.4. The Morgan fingerprint density at radius 2 is 1.83 bits per heavy atom. The monoisotopic (exact) mass is 259 g/mol. The zero-order valence-electron chi connectivity index (χ0n) is 9.95. The summed E-state index contributed by atoms with van der Waals surface area (Å²) in [5.74, 6) is 1.01. The van der Waals surface area contributed by atoms with Gasteiger partial charge in [0.25, 0.3) is 0 Å². The molecular weight excluding hydrogens is 246 g/mol. The van der Waals surface area contributed by atoms with E-state index in [1.807, 2.05) is 24.3 Å². The highest BCUT2D eigenvalue weighted by Gasteiger charge is 2.11. The SMILES string of the molecule is Nc1cc(-c2ccc3c(c2)CCCO3)ccc1Cl. The number of hydrogen-bond donors (Lipinski definition) is 1. The molecule has 0 spiro atoms. The van der Waals surface area contributed by atoms with E-state index < -0.39 is 0 Å². The van der Waals surface area contributed by atoms with Crippen LogP contribution in [0.15, 0.2) is 36.4 Å². The van der Waals surface area contributed by atoms with Gasteiger partial charge in [-0.1, -0.05) is 23.7 Å². The molecule has 0 fully saturated rings. The Morgan fingerprint density at radius 1 is 1.06 bits per heavy atom. The van der Waals surface area contributed by atoms with Crippen LogP contribution in [0.25, 0.3) is 11.1 Å². The van der Waals surface area contributed by atoms with Gasteiger partial charge in [-0.05, 0) is 53.8 Å². The van der Waals surface area contributed by atoms with Crippen LogP contribution in [-0.2, 0) is 6.42 Å². The van der Waals surface area contributed by atoms with E-state index in [9.17, 15) is 0 Å². The number of benzene rings is 2. The molecule has 2 aromatic rings. The molecule has 0 bridgehead atoms. The minimum atomic E-state index is 0.597. The zero-order chi connectivity index (χ0) is 12.5. The van der Waals surface area contributed by atoms with Crippen molar-refractivity contribution < 1.29 is 4.74 Å². The first-order valence-electron chi connectivity index (χ1n) is 6.05. The molecule has 0 amide bonds. The highest BCUT2D eigenvalue weighted by Crippen LogP contribution is 2.32. The normalized spacial score (nSPS) is 13.8. The second-order valence-electron chi connectivity index (χ2n) is 4.51. The van der Waals surface area contributed by atoms with Gasteiger partial charge >= 0.3 is 0 Å². The molecule has 1 aliphatic heterocycles. The molecule has 0 atom stereocenters. The molecule has 0 aromatic heterocycles. The Hall–Kier alpha value is -1.67. The Kier molecular flexibility index (Phi) is 2.88. The number of aryl methyl sites for hydroxylation is 1. The van der Waals surface area contributed by atoms with Crippen molar-refractivity contribution in [2.45, 2.75) is 12.8 Å². The predicted octanol–water partition coefficient (Wildman–Crippen LogP) is 3.91. The first-order valence-corrected chi connectivity index (χ1v) is 6.43. The third kappa shape index (κ3) is 2.04. The quantitative estimate of drug-likeness (QED) is 0.788. The topological polar surface area (TPSA) is 35.2 Å². The summed E-state index contributed by atoms with van der Waals surface area (Å²) in [5.41, 5.74) is 9.97. The van der Waals surface area contributed by atoms with Crippen LogP contribution in [0.4, 0.5) is 5.69 Å². The molecule has 2 nitrogen and oxygen atoms in total. The summed E-state index contributed by atoms with van der Waals surface area (Å²) >= 11 is 5.94.